The molecule has 220 valence electrons. The maximum atomic E-state index is 13.9. The lowest BCUT2D eigenvalue weighted by Gasteiger charge is -2.32. The summed E-state index contributed by atoms with van der Waals surface area (Å²) in [6, 6.07) is 21.1. The molecule has 0 saturated carbocycles. The van der Waals surface area contributed by atoms with Gasteiger partial charge in [0.1, 0.15) is 6.04 Å². The predicted molar refractivity (Wildman–Crippen MR) is 167 cm³/mol. The maximum Gasteiger partial charge on any atom is 0.243 e. The molecule has 0 bridgehead atoms. The highest BCUT2D eigenvalue weighted by Gasteiger charge is 2.30. The molecular weight excluding hydrogens is 581 g/mol. The first-order valence-electron chi connectivity index (χ1n) is 13.6. The molecule has 3 rings (SSSR count). The molecule has 0 aliphatic rings. The molecule has 2 amide bonds. The number of carbonyl (C=O) groups is 2. The molecule has 7 nitrogen and oxygen atoms in total. The maximum absolute atomic E-state index is 13.9. The number of sulfonamides is 1. The van der Waals surface area contributed by atoms with Crippen molar-refractivity contribution in [3.63, 3.8) is 0 Å². The van der Waals surface area contributed by atoms with Crippen LogP contribution in [-0.4, -0.2) is 50.5 Å². The topological polar surface area (TPSA) is 86.8 Å². The molecule has 0 fully saturated rings. The van der Waals surface area contributed by atoms with Crippen molar-refractivity contribution in [1.29, 1.82) is 0 Å². The number of benzene rings is 3. The van der Waals surface area contributed by atoms with Gasteiger partial charge in [0.05, 0.1) is 11.9 Å². The van der Waals surface area contributed by atoms with Crippen molar-refractivity contribution in [2.75, 3.05) is 23.7 Å². The molecule has 3 aromatic carbocycles. The van der Waals surface area contributed by atoms with Gasteiger partial charge in [-0.15, -0.1) is 0 Å². The lowest BCUT2D eigenvalue weighted by Crippen LogP contribution is -2.50. The normalized spacial score (nSPS) is 12.0. The van der Waals surface area contributed by atoms with Crippen LogP contribution in [0, 0.1) is 6.92 Å². The van der Waals surface area contributed by atoms with Crippen LogP contribution >= 0.6 is 23.2 Å². The first-order chi connectivity index (χ1) is 19.5. The fraction of sp³-hybridized carbons (Fsp3) is 0.355. The van der Waals surface area contributed by atoms with Crippen LogP contribution in [0.15, 0.2) is 72.8 Å². The summed E-state index contributed by atoms with van der Waals surface area (Å²) in [4.78, 5) is 28.9. The summed E-state index contributed by atoms with van der Waals surface area (Å²) in [5.74, 6) is -0.493. The fourth-order valence-corrected chi connectivity index (χ4v) is 6.00. The fourth-order valence-electron chi connectivity index (χ4n) is 4.60. The van der Waals surface area contributed by atoms with Crippen molar-refractivity contribution in [2.45, 2.75) is 52.1 Å². The monoisotopic (exact) mass is 617 g/mol. The zero-order valence-corrected chi connectivity index (χ0v) is 26.0. The second-order valence-corrected chi connectivity index (χ2v) is 12.7. The Labute approximate surface area is 253 Å². The summed E-state index contributed by atoms with van der Waals surface area (Å²) in [5, 5.41) is 3.95. The van der Waals surface area contributed by atoms with Gasteiger partial charge < -0.3 is 10.2 Å². The van der Waals surface area contributed by atoms with Crippen LogP contribution in [0.4, 0.5) is 5.69 Å². The van der Waals surface area contributed by atoms with Gasteiger partial charge >= 0.3 is 0 Å². The van der Waals surface area contributed by atoms with Gasteiger partial charge in [-0.25, -0.2) is 8.42 Å². The molecule has 0 spiro atoms. The van der Waals surface area contributed by atoms with Gasteiger partial charge in [-0.2, -0.15) is 0 Å². The van der Waals surface area contributed by atoms with Crippen molar-refractivity contribution in [1.82, 2.24) is 10.2 Å². The first-order valence-corrected chi connectivity index (χ1v) is 16.2. The Morgan fingerprint density at radius 2 is 1.63 bits per heavy atom. The third-order valence-electron chi connectivity index (χ3n) is 6.72. The minimum Gasteiger partial charge on any atom is -0.354 e. The molecule has 10 heteroatoms. The number of nitrogens with zero attached hydrogens (tertiary/aromatic N) is 2. The van der Waals surface area contributed by atoms with Crippen LogP contribution in [0.2, 0.25) is 10.0 Å². The number of nitrogens with one attached hydrogen (secondary N) is 1. The minimum absolute atomic E-state index is 0.0402. The third kappa shape index (κ3) is 9.48. The number of rotatable bonds is 14. The summed E-state index contributed by atoms with van der Waals surface area (Å²) in [7, 11) is -3.64. The van der Waals surface area contributed by atoms with Gasteiger partial charge in [0.2, 0.25) is 21.8 Å². The van der Waals surface area contributed by atoms with Crippen molar-refractivity contribution >= 4 is 50.7 Å². The van der Waals surface area contributed by atoms with Gasteiger partial charge in [0.15, 0.2) is 0 Å². The van der Waals surface area contributed by atoms with E-state index in [0.717, 1.165) is 23.8 Å². The molecule has 0 heterocycles. The third-order valence-corrected chi connectivity index (χ3v) is 8.55. The molecule has 3 aromatic rings. The highest BCUT2D eigenvalue weighted by atomic mass is 35.5. The lowest BCUT2D eigenvalue weighted by atomic mass is 10.0. The van der Waals surface area contributed by atoms with Crippen LogP contribution in [0.1, 0.15) is 42.9 Å². The van der Waals surface area contributed by atoms with E-state index < -0.39 is 16.1 Å². The highest BCUT2D eigenvalue weighted by molar-refractivity contribution is 7.92. The van der Waals surface area contributed by atoms with Crippen molar-refractivity contribution < 1.29 is 18.0 Å². The number of amides is 2. The van der Waals surface area contributed by atoms with Gasteiger partial charge in [-0.1, -0.05) is 78.7 Å². The molecule has 0 radical (unpaired) electrons. The molecule has 1 atom stereocenters. The van der Waals surface area contributed by atoms with Gasteiger partial charge in [-0.05, 0) is 60.7 Å². The second-order valence-electron chi connectivity index (χ2n) is 9.97. The number of carbonyl (C=O) groups excluding carboxylic acids is 2. The van der Waals surface area contributed by atoms with E-state index in [2.05, 4.69) is 5.32 Å². The van der Waals surface area contributed by atoms with E-state index in [-0.39, 0.29) is 37.7 Å². The Morgan fingerprint density at radius 3 is 2.29 bits per heavy atom. The first kappa shape index (κ1) is 32.4. The Bertz CT molecular complexity index is 1430. The zero-order valence-electron chi connectivity index (χ0n) is 23.6. The predicted octanol–water partition coefficient (Wildman–Crippen LogP) is 6.01. The Balaban J connectivity index is 1.89. The Morgan fingerprint density at radius 1 is 0.951 bits per heavy atom. The van der Waals surface area contributed by atoms with E-state index in [1.807, 2.05) is 43.3 Å². The van der Waals surface area contributed by atoms with Crippen molar-refractivity contribution in [3.05, 3.63) is 99.5 Å². The Hall–Kier alpha value is -3.07. The van der Waals surface area contributed by atoms with Crippen LogP contribution in [0.25, 0.3) is 0 Å². The summed E-state index contributed by atoms with van der Waals surface area (Å²) in [6.07, 6.45) is 2.52. The molecular formula is C31H37Cl2N3O4S. The standard InChI is InChI=1S/C31H37Cl2N3O4S/c1-4-18-34-31(38)29(21-24-11-6-5-7-12-24)35(22-25-13-8-14-26(32)20-25)30(37)17-10-19-36(41(3,39)40)28-16-9-15-27(33)23(28)2/h5-9,11-16,20,29H,4,10,17-19,21-22H2,1-3H3,(H,34,38)/t29-/m0/s1. The molecule has 0 aliphatic heterocycles. The lowest BCUT2D eigenvalue weighted by molar-refractivity contribution is -0.141. The van der Waals surface area contributed by atoms with Gasteiger partial charge in [-0.3, -0.25) is 13.9 Å². The molecule has 41 heavy (non-hydrogen) atoms. The Kier molecular flexibility index (Phi) is 12.1. The van der Waals surface area contributed by atoms with E-state index >= 15 is 0 Å². The summed E-state index contributed by atoms with van der Waals surface area (Å²) < 4.78 is 26.7. The summed E-state index contributed by atoms with van der Waals surface area (Å²) >= 11 is 12.5. The van der Waals surface area contributed by atoms with Crippen LogP contribution < -0.4 is 9.62 Å². The van der Waals surface area contributed by atoms with E-state index in [4.69, 9.17) is 23.2 Å². The summed E-state index contributed by atoms with van der Waals surface area (Å²) in [6.45, 7) is 4.49. The minimum atomic E-state index is -3.64. The largest absolute Gasteiger partial charge is 0.354 e. The molecule has 1 N–H and O–H groups in total. The number of anilines is 1. The molecule has 0 unspecified atom stereocenters. The SMILES string of the molecule is CCCNC(=O)[C@H](Cc1ccccc1)N(Cc1cccc(Cl)c1)C(=O)CCCN(c1cccc(Cl)c1C)S(C)(=O)=O. The number of hydrogen-bond donors (Lipinski definition) is 1. The zero-order chi connectivity index (χ0) is 30.0. The van der Waals surface area contributed by atoms with E-state index in [9.17, 15) is 18.0 Å². The van der Waals surface area contributed by atoms with E-state index in [1.54, 1.807) is 48.2 Å². The average molecular weight is 619 g/mol. The molecule has 0 aliphatic carbocycles. The average Bonchev–Trinajstić information content (AvgIpc) is 2.93. The second kappa shape index (κ2) is 15.2. The van der Waals surface area contributed by atoms with Crippen LogP contribution in [0.3, 0.4) is 0 Å². The molecule has 0 aromatic heterocycles. The smallest absolute Gasteiger partial charge is 0.243 e. The number of halogens is 2. The van der Waals surface area contributed by atoms with Crippen molar-refractivity contribution in [3.8, 4) is 0 Å². The summed E-state index contributed by atoms with van der Waals surface area (Å²) in [5.41, 5.74) is 2.83. The van der Waals surface area contributed by atoms with E-state index in [0.29, 0.717) is 34.3 Å². The van der Waals surface area contributed by atoms with E-state index in [1.165, 1.54) is 4.31 Å². The number of hydrogen-bond acceptors (Lipinski definition) is 4. The quantitative estimate of drug-likeness (QED) is 0.240. The van der Waals surface area contributed by atoms with Crippen LogP contribution in [-0.2, 0) is 32.6 Å². The van der Waals surface area contributed by atoms with Crippen molar-refractivity contribution in [2.24, 2.45) is 0 Å². The van der Waals surface area contributed by atoms with Gasteiger partial charge in [0, 0.05) is 42.5 Å². The highest BCUT2D eigenvalue weighted by Crippen LogP contribution is 2.28. The van der Waals surface area contributed by atoms with Gasteiger partial charge in [0.25, 0.3) is 0 Å². The van der Waals surface area contributed by atoms with Crippen LogP contribution in [0.5, 0.6) is 0 Å². The molecule has 0 saturated heterocycles.